The van der Waals surface area contributed by atoms with Crippen LogP contribution in [-0.4, -0.2) is 50.6 Å². The summed E-state index contributed by atoms with van der Waals surface area (Å²) in [6.45, 7) is 4.04. The predicted molar refractivity (Wildman–Crippen MR) is 73.5 cm³/mol. The Bertz CT molecular complexity index is 419. The summed E-state index contributed by atoms with van der Waals surface area (Å²) in [5.41, 5.74) is 4.93. The summed E-state index contributed by atoms with van der Waals surface area (Å²) >= 11 is 0. The van der Waals surface area contributed by atoms with Crippen molar-refractivity contribution >= 4 is 15.7 Å². The summed E-state index contributed by atoms with van der Waals surface area (Å²) in [7, 11) is -3.02. The van der Waals surface area contributed by atoms with Crippen molar-refractivity contribution in [2.24, 2.45) is 5.73 Å². The Balaban J connectivity index is 2.47. The van der Waals surface area contributed by atoms with E-state index in [0.29, 0.717) is 19.4 Å². The Hall–Kier alpha value is -0.660. The lowest BCUT2D eigenvalue weighted by atomic mass is 10.0. The van der Waals surface area contributed by atoms with Crippen molar-refractivity contribution in [1.29, 1.82) is 0 Å². The molecule has 1 rings (SSSR count). The summed E-state index contributed by atoms with van der Waals surface area (Å²) in [5, 5.41) is 2.85. The van der Waals surface area contributed by atoms with E-state index in [0.717, 1.165) is 6.42 Å². The highest BCUT2D eigenvalue weighted by Gasteiger charge is 2.32. The van der Waals surface area contributed by atoms with Crippen LogP contribution in [0.4, 0.5) is 0 Å². The van der Waals surface area contributed by atoms with Crippen LogP contribution in [0.2, 0.25) is 0 Å². The minimum atomic E-state index is -3.02. The normalized spacial score (nSPS) is 24.4. The smallest absolute Gasteiger partial charge is 0.249 e. The Kier molecular flexibility index (Phi) is 5.34. The van der Waals surface area contributed by atoms with Gasteiger partial charge in [-0.15, -0.1) is 0 Å². The average Bonchev–Trinajstić information content (AvgIpc) is 2.74. The molecular weight excluding hydrogens is 268 g/mol. The molecule has 0 spiro atoms. The molecule has 6 nitrogen and oxygen atoms in total. The second-order valence-electron chi connectivity index (χ2n) is 5.81. The first-order valence-electron chi connectivity index (χ1n) is 6.48. The quantitative estimate of drug-likeness (QED) is 0.708. The van der Waals surface area contributed by atoms with Crippen molar-refractivity contribution in [2.45, 2.75) is 50.9 Å². The molecule has 3 N–H and O–H groups in total. The van der Waals surface area contributed by atoms with Gasteiger partial charge in [-0.2, -0.15) is 0 Å². The largest absolute Gasteiger partial charge is 0.364 e. The van der Waals surface area contributed by atoms with Gasteiger partial charge in [0.2, 0.25) is 5.91 Å². The van der Waals surface area contributed by atoms with E-state index in [-0.39, 0.29) is 17.8 Å². The Morgan fingerprint density at radius 3 is 2.53 bits per heavy atom. The van der Waals surface area contributed by atoms with Crippen LogP contribution >= 0.6 is 0 Å². The molecule has 112 valence electrons. The Morgan fingerprint density at radius 1 is 1.42 bits per heavy atom. The lowest BCUT2D eigenvalue weighted by Crippen LogP contribution is -2.48. The Labute approximate surface area is 115 Å². The number of hydrogen-bond donors (Lipinski definition) is 2. The first-order valence-corrected chi connectivity index (χ1v) is 8.54. The Morgan fingerprint density at radius 2 is 2.05 bits per heavy atom. The van der Waals surface area contributed by atoms with Crippen LogP contribution in [0.15, 0.2) is 0 Å². The number of amides is 1. The van der Waals surface area contributed by atoms with Crippen molar-refractivity contribution < 1.29 is 17.9 Å². The minimum absolute atomic E-state index is 0.0464. The molecule has 1 amide bonds. The number of carbonyl (C=O) groups excluding carboxylic acids is 1. The van der Waals surface area contributed by atoms with E-state index in [9.17, 15) is 13.2 Å². The maximum atomic E-state index is 12.0. The van der Waals surface area contributed by atoms with E-state index in [1.807, 2.05) is 13.8 Å². The van der Waals surface area contributed by atoms with Gasteiger partial charge in [0, 0.05) is 18.3 Å². The molecule has 0 radical (unpaired) electrons. The summed E-state index contributed by atoms with van der Waals surface area (Å²) in [5.74, 6) is -0.133. The molecule has 0 saturated carbocycles. The highest BCUT2D eigenvalue weighted by Crippen LogP contribution is 2.20. The van der Waals surface area contributed by atoms with Crippen LogP contribution in [0.5, 0.6) is 0 Å². The number of rotatable bonds is 6. The third kappa shape index (κ3) is 5.88. The van der Waals surface area contributed by atoms with Crippen molar-refractivity contribution in [3.63, 3.8) is 0 Å². The fourth-order valence-electron chi connectivity index (χ4n) is 1.99. The molecule has 1 heterocycles. The summed E-state index contributed by atoms with van der Waals surface area (Å²) in [6, 6.07) is 0. The standard InChI is InChI=1S/C12H24N2O4S/c1-12(2,6-7-19(3,16)17)14-11(15)10-5-4-9(8-13)18-10/h9-10H,4-8,13H2,1-3H3,(H,14,15)/t9-,10+/m1/s1. The molecule has 7 heteroatoms. The maximum Gasteiger partial charge on any atom is 0.249 e. The van der Waals surface area contributed by atoms with Gasteiger partial charge in [-0.3, -0.25) is 4.79 Å². The van der Waals surface area contributed by atoms with E-state index in [1.165, 1.54) is 6.26 Å². The molecule has 1 fully saturated rings. The molecule has 0 aliphatic carbocycles. The van der Waals surface area contributed by atoms with Crippen LogP contribution < -0.4 is 11.1 Å². The molecular formula is C12H24N2O4S. The van der Waals surface area contributed by atoms with Gasteiger partial charge in [0.15, 0.2) is 0 Å². The molecule has 0 unspecified atom stereocenters. The fourth-order valence-corrected chi connectivity index (χ4v) is 2.87. The SMILES string of the molecule is CC(C)(CCS(C)(=O)=O)NC(=O)[C@@H]1CC[C@H](CN)O1. The van der Waals surface area contributed by atoms with Crippen molar-refractivity contribution in [3.8, 4) is 0 Å². The van der Waals surface area contributed by atoms with E-state index in [4.69, 9.17) is 10.5 Å². The monoisotopic (exact) mass is 292 g/mol. The zero-order valence-corrected chi connectivity index (χ0v) is 12.6. The topological polar surface area (TPSA) is 98.5 Å². The first-order chi connectivity index (χ1) is 8.63. The summed E-state index contributed by atoms with van der Waals surface area (Å²) in [6.07, 6.45) is 2.51. The van der Waals surface area contributed by atoms with Gasteiger partial charge < -0.3 is 15.8 Å². The fraction of sp³-hybridized carbons (Fsp3) is 0.917. The molecule has 19 heavy (non-hydrogen) atoms. The highest BCUT2D eigenvalue weighted by atomic mass is 32.2. The van der Waals surface area contributed by atoms with Crippen LogP contribution in [0.25, 0.3) is 0 Å². The lowest BCUT2D eigenvalue weighted by molar-refractivity contribution is -0.133. The molecule has 0 aromatic carbocycles. The third-order valence-electron chi connectivity index (χ3n) is 3.22. The van der Waals surface area contributed by atoms with Crippen LogP contribution in [0.1, 0.15) is 33.1 Å². The lowest BCUT2D eigenvalue weighted by Gasteiger charge is -2.27. The third-order valence-corrected chi connectivity index (χ3v) is 4.17. The first kappa shape index (κ1) is 16.4. The molecule has 2 atom stereocenters. The molecule has 1 aliphatic heterocycles. The summed E-state index contributed by atoms with van der Waals surface area (Å²) < 4.78 is 27.8. The van der Waals surface area contributed by atoms with Crippen molar-refractivity contribution in [2.75, 3.05) is 18.6 Å². The van der Waals surface area contributed by atoms with Gasteiger partial charge >= 0.3 is 0 Å². The zero-order valence-electron chi connectivity index (χ0n) is 11.8. The highest BCUT2D eigenvalue weighted by molar-refractivity contribution is 7.90. The summed E-state index contributed by atoms with van der Waals surface area (Å²) in [4.78, 5) is 12.0. The van der Waals surface area contributed by atoms with E-state index in [1.54, 1.807) is 0 Å². The van der Waals surface area contributed by atoms with Gasteiger partial charge in [0.1, 0.15) is 15.9 Å². The van der Waals surface area contributed by atoms with Gasteiger partial charge in [-0.25, -0.2) is 8.42 Å². The molecule has 1 aliphatic rings. The molecule has 0 aromatic rings. The van der Waals surface area contributed by atoms with E-state index >= 15 is 0 Å². The van der Waals surface area contributed by atoms with Gasteiger partial charge in [-0.1, -0.05) is 0 Å². The maximum absolute atomic E-state index is 12.0. The van der Waals surface area contributed by atoms with Crippen molar-refractivity contribution in [3.05, 3.63) is 0 Å². The number of carbonyl (C=O) groups is 1. The zero-order chi connectivity index (χ0) is 14.7. The number of sulfone groups is 1. The minimum Gasteiger partial charge on any atom is -0.364 e. The van der Waals surface area contributed by atoms with Crippen molar-refractivity contribution in [1.82, 2.24) is 5.32 Å². The second-order valence-corrected chi connectivity index (χ2v) is 8.07. The van der Waals surface area contributed by atoms with Crippen LogP contribution in [0.3, 0.4) is 0 Å². The van der Waals surface area contributed by atoms with Gasteiger partial charge in [-0.05, 0) is 33.1 Å². The van der Waals surface area contributed by atoms with Crippen LogP contribution in [-0.2, 0) is 19.4 Å². The number of nitrogens with two attached hydrogens (primary N) is 1. The van der Waals surface area contributed by atoms with Gasteiger partial charge in [0.05, 0.1) is 11.9 Å². The number of hydrogen-bond acceptors (Lipinski definition) is 5. The number of nitrogens with one attached hydrogen (secondary N) is 1. The van der Waals surface area contributed by atoms with E-state index in [2.05, 4.69) is 5.32 Å². The average molecular weight is 292 g/mol. The number of ether oxygens (including phenoxy) is 1. The molecule has 0 bridgehead atoms. The molecule has 1 saturated heterocycles. The van der Waals surface area contributed by atoms with Crippen LogP contribution in [0, 0.1) is 0 Å². The molecule has 0 aromatic heterocycles. The second kappa shape index (κ2) is 6.19. The predicted octanol–water partition coefficient (Wildman–Crippen LogP) is -0.178. The van der Waals surface area contributed by atoms with Gasteiger partial charge in [0.25, 0.3) is 0 Å². The van der Waals surface area contributed by atoms with E-state index < -0.39 is 21.5 Å².